The molecule has 1 aromatic carbocycles. The first-order valence-electron chi connectivity index (χ1n) is 7.87. The smallest absolute Gasteiger partial charge is 0.123 e. The summed E-state index contributed by atoms with van der Waals surface area (Å²) in [6, 6.07) is 6.56. The van der Waals surface area contributed by atoms with Gasteiger partial charge in [-0.05, 0) is 64.0 Å². The molecule has 1 heterocycles. The molecule has 1 fully saturated rings. The Hall–Kier alpha value is -1.02. The van der Waals surface area contributed by atoms with Crippen LogP contribution in [0.2, 0.25) is 0 Å². The van der Waals surface area contributed by atoms with E-state index in [-0.39, 0.29) is 5.54 Å². The molecule has 3 rings (SSSR count). The van der Waals surface area contributed by atoms with Crippen LogP contribution in [0.25, 0.3) is 0 Å². The fourth-order valence-electron chi connectivity index (χ4n) is 3.13. The normalized spacial score (nSPS) is 23.3. The van der Waals surface area contributed by atoms with E-state index >= 15 is 0 Å². The largest absolute Gasteiger partial charge is 0.490 e. The van der Waals surface area contributed by atoms with Gasteiger partial charge in [0, 0.05) is 18.5 Å². The van der Waals surface area contributed by atoms with Crippen molar-refractivity contribution < 1.29 is 4.74 Å². The number of hydrogen-bond acceptors (Lipinski definition) is 2. The molecule has 0 saturated heterocycles. The van der Waals surface area contributed by atoms with Crippen LogP contribution in [0.4, 0.5) is 0 Å². The zero-order chi connectivity index (χ0) is 14.4. The van der Waals surface area contributed by atoms with E-state index in [1.807, 2.05) is 0 Å². The first-order valence-corrected chi connectivity index (χ1v) is 7.87. The molecule has 0 aromatic heterocycles. The first-order chi connectivity index (χ1) is 9.35. The fourth-order valence-corrected chi connectivity index (χ4v) is 3.13. The van der Waals surface area contributed by atoms with Gasteiger partial charge in [0.15, 0.2) is 0 Å². The molecule has 0 spiro atoms. The van der Waals surface area contributed by atoms with Crippen molar-refractivity contribution >= 4 is 0 Å². The van der Waals surface area contributed by atoms with Crippen LogP contribution in [0, 0.1) is 12.3 Å². The second-order valence-electron chi connectivity index (χ2n) is 7.86. The van der Waals surface area contributed by atoms with Crippen molar-refractivity contribution in [3.05, 3.63) is 29.3 Å². The Bertz CT molecular complexity index is 497. The first kappa shape index (κ1) is 13.9. The summed E-state index contributed by atoms with van der Waals surface area (Å²) in [6.45, 7) is 10.0. The van der Waals surface area contributed by atoms with E-state index in [4.69, 9.17) is 4.74 Å². The SMILES string of the molecule is Cc1ccc2c(c1)CC(CC1(CNC(C)(C)C)CC1)O2. The third-order valence-electron chi connectivity index (χ3n) is 4.57. The molecule has 1 aliphatic carbocycles. The zero-order valence-electron chi connectivity index (χ0n) is 13.3. The summed E-state index contributed by atoms with van der Waals surface area (Å²) in [6.07, 6.45) is 5.38. The van der Waals surface area contributed by atoms with Crippen molar-refractivity contribution in [2.45, 2.75) is 65.0 Å². The molecule has 1 atom stereocenters. The molecule has 1 unspecified atom stereocenters. The number of fused-ring (bicyclic) bond motifs is 1. The average Bonchev–Trinajstić information content (AvgIpc) is 2.98. The number of ether oxygens (including phenoxy) is 1. The van der Waals surface area contributed by atoms with Crippen LogP contribution in [0.1, 0.15) is 51.2 Å². The van der Waals surface area contributed by atoms with Gasteiger partial charge in [-0.2, -0.15) is 0 Å². The second kappa shape index (κ2) is 4.77. The van der Waals surface area contributed by atoms with Crippen LogP contribution in [0.5, 0.6) is 5.75 Å². The highest BCUT2D eigenvalue weighted by Gasteiger charge is 2.45. The maximum absolute atomic E-state index is 6.14. The van der Waals surface area contributed by atoms with E-state index in [0.29, 0.717) is 11.5 Å². The van der Waals surface area contributed by atoms with Gasteiger partial charge in [0.05, 0.1) is 0 Å². The predicted molar refractivity (Wildman–Crippen MR) is 83.3 cm³/mol. The molecule has 1 saturated carbocycles. The van der Waals surface area contributed by atoms with Gasteiger partial charge in [0.1, 0.15) is 11.9 Å². The minimum absolute atomic E-state index is 0.214. The van der Waals surface area contributed by atoms with Crippen molar-refractivity contribution in [3.63, 3.8) is 0 Å². The van der Waals surface area contributed by atoms with Gasteiger partial charge in [-0.3, -0.25) is 0 Å². The minimum Gasteiger partial charge on any atom is -0.490 e. The number of nitrogens with one attached hydrogen (secondary N) is 1. The zero-order valence-corrected chi connectivity index (χ0v) is 13.3. The van der Waals surface area contributed by atoms with Gasteiger partial charge in [-0.1, -0.05) is 17.7 Å². The lowest BCUT2D eigenvalue weighted by atomic mass is 9.94. The van der Waals surface area contributed by atoms with Crippen LogP contribution in [-0.4, -0.2) is 18.2 Å². The van der Waals surface area contributed by atoms with Crippen molar-refractivity contribution in [1.82, 2.24) is 5.32 Å². The number of aryl methyl sites for hydroxylation is 1. The van der Waals surface area contributed by atoms with Crippen molar-refractivity contribution in [2.75, 3.05) is 6.54 Å². The van der Waals surface area contributed by atoms with Crippen molar-refractivity contribution in [1.29, 1.82) is 0 Å². The Morgan fingerprint density at radius 3 is 2.70 bits per heavy atom. The summed E-state index contributed by atoms with van der Waals surface area (Å²) in [5.41, 5.74) is 3.44. The van der Waals surface area contributed by atoms with Crippen molar-refractivity contribution in [3.8, 4) is 5.75 Å². The molecule has 0 radical (unpaired) electrons. The van der Waals surface area contributed by atoms with Crippen LogP contribution >= 0.6 is 0 Å². The molecule has 0 bridgehead atoms. The third kappa shape index (κ3) is 3.17. The highest BCUT2D eigenvalue weighted by atomic mass is 16.5. The topological polar surface area (TPSA) is 21.3 Å². The molecule has 1 N–H and O–H groups in total. The highest BCUT2D eigenvalue weighted by Crippen LogP contribution is 2.51. The van der Waals surface area contributed by atoms with Gasteiger partial charge in [0.25, 0.3) is 0 Å². The molecule has 1 aliphatic heterocycles. The lowest BCUT2D eigenvalue weighted by molar-refractivity contribution is 0.179. The lowest BCUT2D eigenvalue weighted by Gasteiger charge is -2.26. The monoisotopic (exact) mass is 273 g/mol. The lowest BCUT2D eigenvalue weighted by Crippen LogP contribution is -2.40. The molecule has 2 aliphatic rings. The maximum Gasteiger partial charge on any atom is 0.123 e. The Morgan fingerprint density at radius 2 is 2.05 bits per heavy atom. The Morgan fingerprint density at radius 1 is 1.30 bits per heavy atom. The number of hydrogen-bond donors (Lipinski definition) is 1. The van der Waals surface area contributed by atoms with Crippen molar-refractivity contribution in [2.24, 2.45) is 5.41 Å². The Balaban J connectivity index is 1.58. The van der Waals surface area contributed by atoms with E-state index in [1.54, 1.807) is 0 Å². The molecule has 20 heavy (non-hydrogen) atoms. The maximum atomic E-state index is 6.14. The summed E-state index contributed by atoms with van der Waals surface area (Å²) in [7, 11) is 0. The Kier molecular flexibility index (Phi) is 3.32. The summed E-state index contributed by atoms with van der Waals surface area (Å²) in [5, 5.41) is 3.67. The molecule has 0 amide bonds. The molecule has 1 aromatic rings. The van der Waals surface area contributed by atoms with E-state index in [2.05, 4.69) is 51.2 Å². The molecular weight excluding hydrogens is 246 g/mol. The molecule has 2 heteroatoms. The van der Waals surface area contributed by atoms with Crippen LogP contribution in [0.3, 0.4) is 0 Å². The molecular formula is C18H27NO. The Labute approximate surface area is 122 Å². The predicted octanol–water partition coefficient (Wildman–Crippen LogP) is 3.86. The highest BCUT2D eigenvalue weighted by molar-refractivity contribution is 5.40. The quantitative estimate of drug-likeness (QED) is 0.899. The van der Waals surface area contributed by atoms with E-state index < -0.39 is 0 Å². The summed E-state index contributed by atoms with van der Waals surface area (Å²) >= 11 is 0. The summed E-state index contributed by atoms with van der Waals surface area (Å²) in [5.74, 6) is 1.11. The third-order valence-corrected chi connectivity index (χ3v) is 4.57. The second-order valence-corrected chi connectivity index (χ2v) is 7.86. The van der Waals surface area contributed by atoms with Crippen LogP contribution in [0.15, 0.2) is 18.2 Å². The molecule has 2 nitrogen and oxygen atoms in total. The van der Waals surface area contributed by atoms with Gasteiger partial charge < -0.3 is 10.1 Å². The van der Waals surface area contributed by atoms with Gasteiger partial charge >= 0.3 is 0 Å². The minimum atomic E-state index is 0.214. The summed E-state index contributed by atoms with van der Waals surface area (Å²) in [4.78, 5) is 0. The number of benzene rings is 1. The van der Waals surface area contributed by atoms with Crippen LogP contribution in [-0.2, 0) is 6.42 Å². The van der Waals surface area contributed by atoms with E-state index in [0.717, 1.165) is 18.7 Å². The van der Waals surface area contributed by atoms with Gasteiger partial charge in [0.2, 0.25) is 0 Å². The summed E-state index contributed by atoms with van der Waals surface area (Å²) < 4.78 is 6.14. The fraction of sp³-hybridized carbons (Fsp3) is 0.667. The van der Waals surface area contributed by atoms with E-state index in [9.17, 15) is 0 Å². The van der Waals surface area contributed by atoms with Gasteiger partial charge in [-0.15, -0.1) is 0 Å². The standard InChI is InChI=1S/C18H27NO/c1-13-5-6-16-14(9-13)10-15(20-16)11-18(7-8-18)12-19-17(2,3)4/h5-6,9,15,19H,7-8,10-12H2,1-4H3. The average molecular weight is 273 g/mol. The van der Waals surface area contributed by atoms with E-state index in [1.165, 1.54) is 30.4 Å². The van der Waals surface area contributed by atoms with Gasteiger partial charge in [-0.25, -0.2) is 0 Å². The number of rotatable bonds is 4. The van der Waals surface area contributed by atoms with Crippen LogP contribution < -0.4 is 10.1 Å². The molecule has 110 valence electrons.